The zero-order valence-corrected chi connectivity index (χ0v) is 16.1. The summed E-state index contributed by atoms with van der Waals surface area (Å²) in [5, 5.41) is 5.64. The Hall–Kier alpha value is -1.89. The van der Waals surface area contributed by atoms with Gasteiger partial charge in [-0.1, -0.05) is 29.3 Å². The van der Waals surface area contributed by atoms with Crippen LogP contribution in [0.5, 0.6) is 0 Å². The van der Waals surface area contributed by atoms with Crippen molar-refractivity contribution in [2.75, 3.05) is 4.90 Å². The van der Waals surface area contributed by atoms with Gasteiger partial charge in [-0.15, -0.1) is 0 Å². The summed E-state index contributed by atoms with van der Waals surface area (Å²) in [5.74, 6) is -0.709. The maximum Gasteiger partial charge on any atom is 0.241 e. The van der Waals surface area contributed by atoms with E-state index in [0.717, 1.165) is 24.1 Å². The Morgan fingerprint density at radius 3 is 2.41 bits per heavy atom. The molecular formula is C19H17Cl2N3O3. The highest BCUT2D eigenvalue weighted by Gasteiger charge is 2.63. The van der Waals surface area contributed by atoms with E-state index in [0.29, 0.717) is 22.4 Å². The molecule has 0 spiro atoms. The molecule has 0 N–H and O–H groups in total. The number of anilines is 1. The lowest BCUT2D eigenvalue weighted by Crippen LogP contribution is -2.34. The Morgan fingerprint density at radius 2 is 1.78 bits per heavy atom. The van der Waals surface area contributed by atoms with Gasteiger partial charge in [-0.2, -0.15) is 5.10 Å². The van der Waals surface area contributed by atoms with Crippen molar-refractivity contribution in [2.45, 2.75) is 38.5 Å². The third-order valence-corrected chi connectivity index (χ3v) is 6.40. The first-order valence-corrected chi connectivity index (χ1v) is 9.71. The summed E-state index contributed by atoms with van der Waals surface area (Å²) in [5.41, 5.74) is 1.70. The number of imide groups is 1. The molecule has 0 saturated carbocycles. The molecule has 6 nitrogen and oxygen atoms in total. The Labute approximate surface area is 166 Å². The number of benzene rings is 1. The second kappa shape index (κ2) is 6.06. The molecule has 0 aliphatic carbocycles. The third kappa shape index (κ3) is 2.54. The Kier molecular flexibility index (Phi) is 3.86. The molecule has 3 fully saturated rings. The second-order valence-corrected chi connectivity index (χ2v) is 8.23. The van der Waals surface area contributed by atoms with Gasteiger partial charge in [-0.05, 0) is 37.5 Å². The molecule has 140 valence electrons. The van der Waals surface area contributed by atoms with Crippen molar-refractivity contribution in [3.63, 3.8) is 0 Å². The van der Waals surface area contributed by atoms with Gasteiger partial charge in [0.05, 0.1) is 30.6 Å². The minimum absolute atomic E-state index is 0.127. The number of fused-ring (bicyclic) bond motifs is 5. The number of nitrogens with zero attached hydrogens (tertiary/aromatic N) is 3. The predicted molar refractivity (Wildman–Crippen MR) is 99.9 cm³/mol. The van der Waals surface area contributed by atoms with Gasteiger partial charge in [0.15, 0.2) is 5.82 Å². The summed E-state index contributed by atoms with van der Waals surface area (Å²) in [6.07, 6.45) is 1.44. The van der Waals surface area contributed by atoms with E-state index in [1.165, 1.54) is 4.90 Å². The molecule has 1 aromatic carbocycles. The van der Waals surface area contributed by atoms with Crippen LogP contribution in [0.3, 0.4) is 0 Å². The van der Waals surface area contributed by atoms with Crippen molar-refractivity contribution in [2.24, 2.45) is 11.8 Å². The fraction of sp³-hybridized carbons (Fsp3) is 0.421. The number of carbonyl (C=O) groups excluding carboxylic acids is 2. The molecule has 3 aliphatic rings. The van der Waals surface area contributed by atoms with Crippen molar-refractivity contribution in [1.82, 2.24) is 9.78 Å². The number of ether oxygens (including phenoxy) is 1. The summed E-state index contributed by atoms with van der Waals surface area (Å²) < 4.78 is 7.52. The normalized spacial score (nSPS) is 29.1. The van der Waals surface area contributed by atoms with E-state index in [1.54, 1.807) is 22.9 Å². The molecule has 27 heavy (non-hydrogen) atoms. The van der Waals surface area contributed by atoms with E-state index in [4.69, 9.17) is 27.9 Å². The van der Waals surface area contributed by atoms with Crippen molar-refractivity contribution in [3.05, 3.63) is 45.6 Å². The van der Waals surface area contributed by atoms with Crippen LogP contribution >= 0.6 is 23.2 Å². The summed E-state index contributed by atoms with van der Waals surface area (Å²) >= 11 is 12.2. The fourth-order valence-corrected chi connectivity index (χ4v) is 4.98. The minimum Gasteiger partial charge on any atom is -0.373 e. The van der Waals surface area contributed by atoms with Gasteiger partial charge in [0.25, 0.3) is 0 Å². The lowest BCUT2D eigenvalue weighted by molar-refractivity contribution is -0.124. The van der Waals surface area contributed by atoms with Crippen LogP contribution in [-0.4, -0.2) is 33.8 Å². The topological polar surface area (TPSA) is 64.4 Å². The van der Waals surface area contributed by atoms with E-state index in [-0.39, 0.29) is 35.9 Å². The van der Waals surface area contributed by atoms with Gasteiger partial charge in [0.2, 0.25) is 11.8 Å². The van der Waals surface area contributed by atoms with Crippen LogP contribution in [-0.2, 0) is 20.9 Å². The summed E-state index contributed by atoms with van der Waals surface area (Å²) in [6.45, 7) is 2.32. The predicted octanol–water partition coefficient (Wildman–Crippen LogP) is 3.21. The van der Waals surface area contributed by atoms with Gasteiger partial charge in [0.1, 0.15) is 0 Å². The molecule has 5 rings (SSSR count). The smallest absolute Gasteiger partial charge is 0.241 e. The molecule has 8 heteroatoms. The van der Waals surface area contributed by atoms with Crippen LogP contribution in [0.4, 0.5) is 5.82 Å². The average Bonchev–Trinajstić information content (AvgIpc) is 3.35. The van der Waals surface area contributed by atoms with Gasteiger partial charge in [-0.25, -0.2) is 4.90 Å². The summed E-state index contributed by atoms with van der Waals surface area (Å²) in [6, 6.07) is 7.07. The van der Waals surface area contributed by atoms with E-state index >= 15 is 0 Å². The number of aryl methyl sites for hydroxylation is 1. The van der Waals surface area contributed by atoms with Crippen LogP contribution in [0.25, 0.3) is 0 Å². The van der Waals surface area contributed by atoms with Gasteiger partial charge >= 0.3 is 0 Å². The number of hydrogen-bond acceptors (Lipinski definition) is 4. The van der Waals surface area contributed by atoms with Crippen LogP contribution in [0.1, 0.15) is 24.1 Å². The largest absolute Gasteiger partial charge is 0.373 e. The number of halogens is 2. The first-order chi connectivity index (χ1) is 12.9. The number of rotatable bonds is 3. The number of hydrogen-bond donors (Lipinski definition) is 0. The lowest BCUT2D eigenvalue weighted by atomic mass is 9.81. The molecule has 2 aromatic rings. The molecule has 3 aliphatic heterocycles. The molecule has 2 bridgehead atoms. The van der Waals surface area contributed by atoms with E-state index in [2.05, 4.69) is 5.10 Å². The van der Waals surface area contributed by atoms with E-state index < -0.39 is 0 Å². The molecule has 4 atom stereocenters. The first kappa shape index (κ1) is 17.2. The third-order valence-electron chi connectivity index (χ3n) is 5.82. The Balaban J connectivity index is 1.44. The fourth-order valence-electron chi connectivity index (χ4n) is 4.51. The highest BCUT2D eigenvalue weighted by Crippen LogP contribution is 2.49. The molecule has 0 unspecified atom stereocenters. The quantitative estimate of drug-likeness (QED) is 0.735. The van der Waals surface area contributed by atoms with Crippen molar-refractivity contribution in [1.29, 1.82) is 0 Å². The zero-order valence-electron chi connectivity index (χ0n) is 14.6. The van der Waals surface area contributed by atoms with Gasteiger partial charge in [-0.3, -0.25) is 14.3 Å². The maximum atomic E-state index is 12.9. The maximum absolute atomic E-state index is 12.9. The average molecular weight is 406 g/mol. The van der Waals surface area contributed by atoms with Gasteiger partial charge < -0.3 is 4.74 Å². The van der Waals surface area contributed by atoms with E-state index in [9.17, 15) is 9.59 Å². The number of aromatic nitrogens is 2. The first-order valence-electron chi connectivity index (χ1n) is 8.95. The summed E-state index contributed by atoms with van der Waals surface area (Å²) in [7, 11) is 0. The zero-order chi connectivity index (χ0) is 18.9. The van der Waals surface area contributed by atoms with Crippen molar-refractivity contribution >= 4 is 40.8 Å². The molecule has 3 saturated heterocycles. The SMILES string of the molecule is Cc1cc(N2C(=O)[C@@H]3[C@H](C2=O)[C@@H]2CC[C@@H]3O2)nn1Cc1ccc(Cl)cc1Cl. The highest BCUT2D eigenvalue weighted by molar-refractivity contribution is 6.35. The molecular weight excluding hydrogens is 389 g/mol. The van der Waals surface area contributed by atoms with E-state index in [1.807, 2.05) is 13.0 Å². The van der Waals surface area contributed by atoms with Crippen LogP contribution < -0.4 is 4.90 Å². The highest BCUT2D eigenvalue weighted by atomic mass is 35.5. The standard InChI is InChI=1S/C19H17Cl2N3O3/c1-9-6-15(22-23(9)8-10-2-3-11(20)7-12(10)21)24-18(25)16-13-4-5-14(27-13)17(16)19(24)26/h2-3,6-7,13-14,16-17H,4-5,8H2,1H3/t13-,14-,16-,17+/m0/s1. The lowest BCUT2D eigenvalue weighted by Gasteiger charge is -2.15. The van der Waals surface area contributed by atoms with Crippen LogP contribution in [0.15, 0.2) is 24.3 Å². The Morgan fingerprint density at radius 1 is 1.11 bits per heavy atom. The summed E-state index contributed by atoms with van der Waals surface area (Å²) in [4.78, 5) is 27.0. The van der Waals surface area contributed by atoms with Crippen LogP contribution in [0.2, 0.25) is 10.0 Å². The monoisotopic (exact) mass is 405 g/mol. The van der Waals surface area contributed by atoms with Gasteiger partial charge in [0, 0.05) is 21.8 Å². The molecule has 4 heterocycles. The number of carbonyl (C=O) groups is 2. The minimum atomic E-state index is -0.354. The van der Waals surface area contributed by atoms with Crippen LogP contribution in [0, 0.1) is 18.8 Å². The van der Waals surface area contributed by atoms with Crippen molar-refractivity contribution in [3.8, 4) is 0 Å². The molecule has 2 amide bonds. The van der Waals surface area contributed by atoms with Crippen molar-refractivity contribution < 1.29 is 14.3 Å². The molecule has 0 radical (unpaired) electrons. The second-order valence-electron chi connectivity index (χ2n) is 7.39. The Bertz CT molecular complexity index is 945. The number of amides is 2. The molecule has 1 aromatic heterocycles.